The zero-order valence-electron chi connectivity index (χ0n) is 52.4. The minimum atomic E-state index is -0.421. The van der Waals surface area contributed by atoms with Crippen LogP contribution in [0.25, 0.3) is 0 Å². The Morgan fingerprint density at radius 1 is 0.438 bits per heavy atom. The molecular weight excluding hydrogens is 1120 g/mol. The summed E-state index contributed by atoms with van der Waals surface area (Å²) in [7, 11) is 1.42. The van der Waals surface area contributed by atoms with E-state index in [9.17, 15) is 28.8 Å². The first-order chi connectivity index (χ1) is 35.9. The normalized spacial score (nSPS) is 15.1. The molecule has 0 saturated heterocycles. The molecule has 13 nitrogen and oxygen atoms in total. The van der Waals surface area contributed by atoms with Gasteiger partial charge in [-0.15, -0.1) is 0 Å². The number of hydrogen-bond donors (Lipinski definition) is 1. The number of aliphatic hydroxyl groups is 1. The molecule has 3 saturated carbocycles. The van der Waals surface area contributed by atoms with Crippen molar-refractivity contribution < 1.29 is 62.3 Å². The van der Waals surface area contributed by atoms with Gasteiger partial charge in [0.15, 0.2) is 0 Å². The summed E-state index contributed by atoms with van der Waals surface area (Å²) in [5.74, 6) is 0.319. The lowest BCUT2D eigenvalue weighted by Gasteiger charge is -2.29. The van der Waals surface area contributed by atoms with E-state index in [-0.39, 0.29) is 184 Å². The van der Waals surface area contributed by atoms with E-state index in [1.807, 2.05) is 148 Å². The van der Waals surface area contributed by atoms with E-state index in [0.717, 1.165) is 88.5 Å². The molecule has 544 valence electrons. The molecule has 0 heterocycles. The second-order valence-corrected chi connectivity index (χ2v) is 24.6. The van der Waals surface area contributed by atoms with Crippen LogP contribution in [-0.4, -0.2) is 79.6 Å². The van der Waals surface area contributed by atoms with E-state index in [2.05, 4.69) is 11.7 Å². The topological polar surface area (TPSA) is 178 Å². The quantitative estimate of drug-likeness (QED) is 0.102. The van der Waals surface area contributed by atoms with Crippen LogP contribution in [-0.2, 0) is 63.8 Å². The summed E-state index contributed by atoms with van der Waals surface area (Å²) >= 11 is 0. The highest BCUT2D eigenvalue weighted by Gasteiger charge is 2.33. The van der Waals surface area contributed by atoms with Crippen molar-refractivity contribution >= 4 is 35.8 Å². The van der Waals surface area contributed by atoms with Crippen molar-refractivity contribution in [1.82, 2.24) is 0 Å². The van der Waals surface area contributed by atoms with Crippen molar-refractivity contribution in [2.24, 2.45) is 38.9 Å². The lowest BCUT2D eigenvalue weighted by molar-refractivity contribution is -0.162. The molecule has 1 atom stereocenters. The lowest BCUT2D eigenvalue weighted by Crippen LogP contribution is -2.31. The molecule has 1 aromatic carbocycles. The molecule has 3 fully saturated rings. The van der Waals surface area contributed by atoms with Crippen molar-refractivity contribution in [3.8, 4) is 0 Å². The van der Waals surface area contributed by atoms with Crippen molar-refractivity contribution in [3.05, 3.63) is 35.9 Å². The number of aliphatic hydroxyl groups excluding tert-OH is 1. The third-order valence-corrected chi connectivity index (χ3v) is 15.8. The molecule has 3 aliphatic carbocycles. The molecule has 13 heteroatoms. The van der Waals surface area contributed by atoms with Crippen molar-refractivity contribution in [2.45, 2.75) is 367 Å². The first-order valence-electron chi connectivity index (χ1n) is 29.6. The maximum Gasteiger partial charge on any atom is 0.311 e. The van der Waals surface area contributed by atoms with Gasteiger partial charge in [0.1, 0.15) is 31.5 Å². The third-order valence-electron chi connectivity index (χ3n) is 15.8. The van der Waals surface area contributed by atoms with Gasteiger partial charge in [0.2, 0.25) is 0 Å². The largest absolute Gasteiger partial charge is 0.469 e. The van der Waals surface area contributed by atoms with Gasteiger partial charge in [0.05, 0.1) is 46.7 Å². The first-order valence-corrected chi connectivity index (χ1v) is 29.6. The summed E-state index contributed by atoms with van der Waals surface area (Å²) in [5.41, 5.74) is -0.711. The summed E-state index contributed by atoms with van der Waals surface area (Å²) in [6.07, 6.45) is 21.7. The maximum atomic E-state index is 11.8. The molecule has 0 spiro atoms. The van der Waals surface area contributed by atoms with Gasteiger partial charge in [-0.3, -0.25) is 28.8 Å². The van der Waals surface area contributed by atoms with E-state index in [1.54, 1.807) is 0 Å². The fraction of sp³-hybridized carbons (Fsp3) is 0.842. The molecule has 89 heavy (non-hydrogen) atoms. The Balaban J connectivity index is -0.0000000620. The zero-order chi connectivity index (χ0) is 59.5. The summed E-state index contributed by atoms with van der Waals surface area (Å²) in [6, 6.07) is 9.72. The number of methoxy groups -OCH3 is 1. The molecule has 3 aliphatic rings. The van der Waals surface area contributed by atoms with E-state index in [4.69, 9.17) is 28.8 Å². The van der Waals surface area contributed by atoms with Gasteiger partial charge in [0, 0.05) is 0 Å². The Hall–Kier alpha value is -4.00. The minimum absolute atomic E-state index is 0. The first kappa shape index (κ1) is 119. The summed E-state index contributed by atoms with van der Waals surface area (Å²) in [6.45, 7) is 35.6. The second-order valence-electron chi connectivity index (χ2n) is 24.6. The molecule has 0 aromatic heterocycles. The molecule has 1 unspecified atom stereocenters. The number of rotatable bonds is 19. The number of esters is 6. The van der Waals surface area contributed by atoms with Gasteiger partial charge in [0.25, 0.3) is 0 Å². The van der Waals surface area contributed by atoms with Crippen LogP contribution in [0.15, 0.2) is 30.3 Å². The predicted octanol–water partition coefficient (Wildman–Crippen LogP) is 23.1. The highest BCUT2D eigenvalue weighted by atomic mass is 16.6. The van der Waals surface area contributed by atoms with Gasteiger partial charge in [-0.1, -0.05) is 188 Å². The Bertz CT molecular complexity index is 1770. The van der Waals surface area contributed by atoms with Gasteiger partial charge in [-0.25, -0.2) is 0 Å². The number of carbonyl (C=O) groups is 6. The van der Waals surface area contributed by atoms with Crippen LogP contribution in [0.4, 0.5) is 0 Å². The number of benzene rings is 1. The maximum absolute atomic E-state index is 11.8. The molecular formula is C76H162O13. The number of carbonyl (C=O) groups excluding carboxylic acids is 6. The fourth-order valence-electron chi connectivity index (χ4n) is 7.03. The monoisotopic (exact) mass is 1280 g/mol. The molecule has 0 aliphatic heterocycles. The summed E-state index contributed by atoms with van der Waals surface area (Å²) in [4.78, 5) is 68.6. The Morgan fingerprint density at radius 2 is 0.742 bits per heavy atom. The Labute approximate surface area is 558 Å². The average Bonchev–Trinajstić information content (AvgIpc) is 3.43. The average molecular weight is 1280 g/mol. The van der Waals surface area contributed by atoms with Gasteiger partial charge in [-0.2, -0.15) is 0 Å². The molecule has 1 aromatic rings. The van der Waals surface area contributed by atoms with Crippen molar-refractivity contribution in [2.75, 3.05) is 20.3 Å². The van der Waals surface area contributed by atoms with E-state index in [1.165, 1.54) is 58.5 Å². The highest BCUT2D eigenvalue weighted by Crippen LogP contribution is 2.30. The Kier molecular flexibility index (Phi) is 83.9. The van der Waals surface area contributed by atoms with Crippen molar-refractivity contribution in [1.29, 1.82) is 0 Å². The van der Waals surface area contributed by atoms with E-state index in [0.29, 0.717) is 6.61 Å². The van der Waals surface area contributed by atoms with Crippen LogP contribution in [0.2, 0.25) is 0 Å². The fourth-order valence-corrected chi connectivity index (χ4v) is 7.03. The molecule has 0 amide bonds. The van der Waals surface area contributed by atoms with Crippen LogP contribution in [0.3, 0.4) is 0 Å². The smallest absolute Gasteiger partial charge is 0.311 e. The van der Waals surface area contributed by atoms with Crippen LogP contribution in [0, 0.1) is 38.9 Å². The van der Waals surface area contributed by atoms with Crippen molar-refractivity contribution in [3.63, 3.8) is 0 Å². The van der Waals surface area contributed by atoms with Crippen LogP contribution in [0.5, 0.6) is 0 Å². The predicted molar refractivity (Wildman–Crippen MR) is 390 cm³/mol. The highest BCUT2D eigenvalue weighted by molar-refractivity contribution is 5.77. The van der Waals surface area contributed by atoms with Crippen LogP contribution >= 0.6 is 0 Å². The summed E-state index contributed by atoms with van der Waals surface area (Å²) in [5, 5.41) is 8.38. The minimum Gasteiger partial charge on any atom is -0.469 e. The zero-order valence-corrected chi connectivity index (χ0v) is 52.4. The van der Waals surface area contributed by atoms with Gasteiger partial charge < -0.3 is 33.5 Å². The van der Waals surface area contributed by atoms with Gasteiger partial charge in [-0.05, 0) is 196 Å². The molecule has 0 radical (unpaired) electrons. The summed E-state index contributed by atoms with van der Waals surface area (Å²) < 4.78 is 31.0. The van der Waals surface area contributed by atoms with Gasteiger partial charge >= 0.3 is 35.8 Å². The second kappa shape index (κ2) is 62.8. The standard InChI is InChI=1S/C13H24O2.C13H18O2.C12H22O2.C11H20O2.C8H16O3.C7H14O2.12CH4/c1-5-13(3,4)12(14)15-11-8-6-10(2)7-9-11;1-4-13(2,3)12(14)15-10-11-8-6-5-7-9-11;1-4-12(2,3)11(13)14-10-8-6-5-7-9-10;1-3-9(2)11(12)13-10-7-5-4-6-8-10;1-4-8(2,3)7(10)11-6-5-9;1-5-7(2,3)6(8)9-4;;;;;;;;;;;;/h10-11H,5-9H2,1-4H3;5-9H,4,10H2,1-3H3;10H,4-9H2,1-3H3;9-10H,3-8H2,1-2H3;9H,4-6H2,1-3H3;5H2,1-4H3;12*1H4. The van der Waals surface area contributed by atoms with E-state index < -0.39 is 5.41 Å². The number of hydrogen-bond acceptors (Lipinski definition) is 13. The molecule has 1 N–H and O–H groups in total. The number of ether oxygens (including phenoxy) is 6. The third kappa shape index (κ3) is 52.2. The van der Waals surface area contributed by atoms with Crippen LogP contribution in [0.1, 0.15) is 348 Å². The molecule has 0 bridgehead atoms. The molecule has 4 rings (SSSR count). The SMILES string of the molecule is C.C.C.C.C.C.C.C.C.C.C.C.CCC(C)(C)C(=O)OC.CCC(C)(C)C(=O)OC1CCC(C)CC1.CCC(C)(C)C(=O)OC1CCCCC1.CCC(C)(C)C(=O)OCCO.CCC(C)(C)C(=O)OCc1ccccc1.CCC(C)C(=O)OC1CCCCC1. The Morgan fingerprint density at radius 3 is 1.04 bits per heavy atom. The van der Waals surface area contributed by atoms with Crippen LogP contribution < -0.4 is 0 Å². The van der Waals surface area contributed by atoms with E-state index >= 15 is 0 Å². The lowest BCUT2D eigenvalue weighted by atomic mass is 9.87.